The van der Waals surface area contributed by atoms with Crippen molar-refractivity contribution in [2.24, 2.45) is 0 Å². The molecule has 1 N–H and O–H groups in total. The largest absolute Gasteiger partial charge is 0.497 e. The van der Waals surface area contributed by atoms with Gasteiger partial charge in [-0.25, -0.2) is 0 Å². The van der Waals surface area contributed by atoms with E-state index < -0.39 is 0 Å². The van der Waals surface area contributed by atoms with E-state index in [9.17, 15) is 5.26 Å². The Morgan fingerprint density at radius 2 is 2.10 bits per heavy atom. The fourth-order valence-corrected chi connectivity index (χ4v) is 2.96. The summed E-state index contributed by atoms with van der Waals surface area (Å²) in [7, 11) is 1.64. The van der Waals surface area contributed by atoms with Crippen LogP contribution in [0.5, 0.6) is 5.75 Å². The number of anilines is 1. The van der Waals surface area contributed by atoms with Gasteiger partial charge in [-0.2, -0.15) is 5.26 Å². The zero-order valence-electron chi connectivity index (χ0n) is 12.1. The Bertz CT molecular complexity index is 688. The van der Waals surface area contributed by atoms with Gasteiger partial charge in [0.2, 0.25) is 0 Å². The zero-order chi connectivity index (χ0) is 14.7. The van der Waals surface area contributed by atoms with E-state index in [0.29, 0.717) is 5.56 Å². The Hall–Kier alpha value is -2.47. The number of fused-ring (bicyclic) bond motifs is 1. The van der Waals surface area contributed by atoms with Gasteiger partial charge in [-0.05, 0) is 42.5 Å². The van der Waals surface area contributed by atoms with Gasteiger partial charge in [0.25, 0.3) is 0 Å². The maximum atomic E-state index is 9.28. The molecule has 3 nitrogen and oxygen atoms in total. The average Bonchev–Trinajstić information content (AvgIpc) is 2.55. The second-order valence-electron chi connectivity index (χ2n) is 5.31. The van der Waals surface area contributed by atoms with Crippen LogP contribution in [0.15, 0.2) is 42.5 Å². The summed E-state index contributed by atoms with van der Waals surface area (Å²) < 4.78 is 5.26. The van der Waals surface area contributed by atoms with Gasteiger partial charge in [0.05, 0.1) is 24.4 Å². The van der Waals surface area contributed by atoms with Gasteiger partial charge >= 0.3 is 0 Å². The Labute approximate surface area is 125 Å². The fraction of sp³-hybridized carbons (Fsp3) is 0.278. The number of nitrogens with one attached hydrogen (secondary N) is 1. The third-order valence-corrected chi connectivity index (χ3v) is 4.05. The third-order valence-electron chi connectivity index (χ3n) is 4.05. The summed E-state index contributed by atoms with van der Waals surface area (Å²) in [6.07, 6.45) is 3.39. The Kier molecular flexibility index (Phi) is 3.79. The highest BCUT2D eigenvalue weighted by Gasteiger charge is 2.20. The van der Waals surface area contributed by atoms with E-state index in [-0.39, 0.29) is 6.04 Å². The lowest BCUT2D eigenvalue weighted by Crippen LogP contribution is -2.17. The van der Waals surface area contributed by atoms with Crippen molar-refractivity contribution < 1.29 is 4.74 Å². The van der Waals surface area contributed by atoms with Crippen LogP contribution in [0.25, 0.3) is 0 Å². The molecule has 0 amide bonds. The summed E-state index contributed by atoms with van der Waals surface area (Å²) in [5.41, 5.74) is 4.25. The zero-order valence-corrected chi connectivity index (χ0v) is 12.1. The van der Waals surface area contributed by atoms with Gasteiger partial charge < -0.3 is 10.1 Å². The van der Waals surface area contributed by atoms with Crippen molar-refractivity contribution in [1.82, 2.24) is 0 Å². The minimum absolute atomic E-state index is 0.258. The molecule has 1 aliphatic rings. The third kappa shape index (κ3) is 2.71. The second-order valence-corrected chi connectivity index (χ2v) is 5.31. The molecule has 21 heavy (non-hydrogen) atoms. The van der Waals surface area contributed by atoms with Crippen LogP contribution in [0.4, 0.5) is 5.69 Å². The van der Waals surface area contributed by atoms with Crippen molar-refractivity contribution in [3.05, 3.63) is 59.2 Å². The van der Waals surface area contributed by atoms with Crippen LogP contribution in [0.1, 0.15) is 35.6 Å². The van der Waals surface area contributed by atoms with Crippen molar-refractivity contribution in [3.63, 3.8) is 0 Å². The van der Waals surface area contributed by atoms with Crippen molar-refractivity contribution >= 4 is 5.69 Å². The number of ether oxygens (including phenoxy) is 1. The summed E-state index contributed by atoms with van der Waals surface area (Å²) in [5.74, 6) is 0.764. The van der Waals surface area contributed by atoms with Crippen LogP contribution in [0.3, 0.4) is 0 Å². The molecule has 0 aliphatic heterocycles. The monoisotopic (exact) mass is 278 g/mol. The molecule has 2 aromatic rings. The van der Waals surface area contributed by atoms with E-state index in [2.05, 4.69) is 35.7 Å². The summed E-state index contributed by atoms with van der Waals surface area (Å²) in [5, 5.41) is 12.8. The summed E-state index contributed by atoms with van der Waals surface area (Å²) >= 11 is 0. The number of benzene rings is 2. The maximum Gasteiger partial charge on any atom is 0.121 e. The van der Waals surface area contributed by atoms with Crippen molar-refractivity contribution in [2.75, 3.05) is 12.4 Å². The van der Waals surface area contributed by atoms with Crippen LogP contribution >= 0.6 is 0 Å². The van der Waals surface area contributed by atoms with Crippen molar-refractivity contribution in [2.45, 2.75) is 25.3 Å². The molecular formula is C18H18N2O. The normalized spacial score (nSPS) is 16.7. The van der Waals surface area contributed by atoms with E-state index in [1.807, 2.05) is 12.1 Å². The van der Waals surface area contributed by atoms with E-state index >= 15 is 0 Å². The molecule has 0 saturated carbocycles. The molecule has 106 valence electrons. The van der Waals surface area contributed by atoms with E-state index in [1.54, 1.807) is 13.2 Å². The molecule has 1 unspecified atom stereocenters. The average molecular weight is 278 g/mol. The first kappa shape index (κ1) is 13.5. The highest BCUT2D eigenvalue weighted by Crippen LogP contribution is 2.34. The number of hydrogen-bond donors (Lipinski definition) is 1. The molecule has 0 heterocycles. The quantitative estimate of drug-likeness (QED) is 0.921. The molecule has 0 saturated heterocycles. The number of nitriles is 1. The highest BCUT2D eigenvalue weighted by atomic mass is 16.5. The Morgan fingerprint density at radius 1 is 1.24 bits per heavy atom. The molecule has 2 aromatic carbocycles. The Balaban J connectivity index is 1.93. The first-order valence-electron chi connectivity index (χ1n) is 7.24. The number of hydrogen-bond acceptors (Lipinski definition) is 3. The van der Waals surface area contributed by atoms with Crippen molar-refractivity contribution in [3.8, 4) is 11.8 Å². The van der Waals surface area contributed by atoms with Gasteiger partial charge in [0.15, 0.2) is 0 Å². The smallest absolute Gasteiger partial charge is 0.121 e. The van der Waals surface area contributed by atoms with Crippen LogP contribution < -0.4 is 10.1 Å². The van der Waals surface area contributed by atoms with Crippen LogP contribution in [0, 0.1) is 11.3 Å². The number of nitrogens with zero attached hydrogens (tertiary/aromatic N) is 1. The molecule has 0 aromatic heterocycles. The minimum atomic E-state index is 0.258. The molecule has 0 spiro atoms. The lowest BCUT2D eigenvalue weighted by molar-refractivity contribution is 0.415. The molecule has 1 atom stereocenters. The standard InChI is InChI=1S/C18H18N2O/c1-21-15-10-9-14(12-19)18(11-15)20-17-8-4-6-13-5-2-3-7-16(13)17/h2-3,5,7,9-11,17,20H,4,6,8H2,1H3. The molecule has 0 fully saturated rings. The SMILES string of the molecule is COc1ccc(C#N)c(NC2CCCc3ccccc32)c1. The topological polar surface area (TPSA) is 45.0 Å². The number of methoxy groups -OCH3 is 1. The van der Waals surface area contributed by atoms with E-state index in [4.69, 9.17) is 4.74 Å². The van der Waals surface area contributed by atoms with E-state index in [0.717, 1.165) is 24.3 Å². The summed E-state index contributed by atoms with van der Waals surface area (Å²) in [6, 6.07) is 16.6. The molecule has 1 aliphatic carbocycles. The molecule has 0 bridgehead atoms. The van der Waals surface area contributed by atoms with Crippen LogP contribution in [-0.4, -0.2) is 7.11 Å². The van der Waals surface area contributed by atoms with Crippen LogP contribution in [0.2, 0.25) is 0 Å². The molecular weight excluding hydrogens is 260 g/mol. The number of aryl methyl sites for hydroxylation is 1. The lowest BCUT2D eigenvalue weighted by atomic mass is 9.87. The predicted octanol–water partition coefficient (Wildman–Crippen LogP) is 4.06. The fourth-order valence-electron chi connectivity index (χ4n) is 2.96. The van der Waals surface area contributed by atoms with Gasteiger partial charge in [0, 0.05) is 6.07 Å². The predicted molar refractivity (Wildman–Crippen MR) is 83.5 cm³/mol. The van der Waals surface area contributed by atoms with Crippen LogP contribution in [-0.2, 0) is 6.42 Å². The van der Waals surface area contributed by atoms with Gasteiger partial charge in [0.1, 0.15) is 11.8 Å². The first-order chi connectivity index (χ1) is 10.3. The van der Waals surface area contributed by atoms with Crippen molar-refractivity contribution in [1.29, 1.82) is 5.26 Å². The second kappa shape index (κ2) is 5.88. The van der Waals surface area contributed by atoms with Gasteiger partial charge in [-0.1, -0.05) is 24.3 Å². The lowest BCUT2D eigenvalue weighted by Gasteiger charge is -2.27. The van der Waals surface area contributed by atoms with Gasteiger partial charge in [-0.15, -0.1) is 0 Å². The van der Waals surface area contributed by atoms with Gasteiger partial charge in [-0.3, -0.25) is 0 Å². The number of rotatable bonds is 3. The molecule has 3 rings (SSSR count). The summed E-state index contributed by atoms with van der Waals surface area (Å²) in [4.78, 5) is 0. The highest BCUT2D eigenvalue weighted by molar-refractivity contribution is 5.61. The maximum absolute atomic E-state index is 9.28. The molecule has 3 heteroatoms. The first-order valence-corrected chi connectivity index (χ1v) is 7.24. The van der Waals surface area contributed by atoms with E-state index in [1.165, 1.54) is 17.5 Å². The summed E-state index contributed by atoms with van der Waals surface area (Å²) in [6.45, 7) is 0. The minimum Gasteiger partial charge on any atom is -0.497 e. The Morgan fingerprint density at radius 3 is 2.90 bits per heavy atom. The molecule has 0 radical (unpaired) electrons.